The zero-order valence-electron chi connectivity index (χ0n) is 8.67. The Kier molecular flexibility index (Phi) is 3.31. The molecule has 0 saturated carbocycles. The van der Waals surface area contributed by atoms with Crippen LogP contribution in [-0.4, -0.2) is 14.6 Å². The molecule has 1 aliphatic rings. The summed E-state index contributed by atoms with van der Waals surface area (Å²) in [6.45, 7) is 6.54. The number of hydrogen-bond acceptors (Lipinski definition) is 2. The fraction of sp³-hybridized carbons (Fsp3) is 0.700. The van der Waals surface area contributed by atoms with Gasteiger partial charge in [-0.05, 0) is 38.6 Å². The van der Waals surface area contributed by atoms with Crippen molar-refractivity contribution in [3.63, 3.8) is 0 Å². The molecule has 13 heavy (non-hydrogen) atoms. The quantitative estimate of drug-likeness (QED) is 0.515. The molecule has 74 valence electrons. The van der Waals surface area contributed by atoms with Crippen LogP contribution in [0, 0.1) is 5.92 Å². The van der Waals surface area contributed by atoms with Crippen LogP contribution in [0.5, 0.6) is 0 Å². The third kappa shape index (κ3) is 3.76. The average Bonchev–Trinajstić information content (AvgIpc) is 2.03. The lowest BCUT2D eigenvalue weighted by Crippen LogP contribution is -2.26. The maximum atomic E-state index is 10.5. The molecule has 0 aliphatic heterocycles. The molecule has 0 amide bonds. The van der Waals surface area contributed by atoms with E-state index in [0.717, 1.165) is 31.3 Å². The number of carbonyl (C=O) groups is 1. The molecular formula is C10H18O2Si. The van der Waals surface area contributed by atoms with E-state index in [0.29, 0.717) is 0 Å². The second-order valence-corrected chi connectivity index (χ2v) is 8.98. The molecule has 0 radical (unpaired) electrons. The molecule has 1 atom stereocenters. The molecule has 3 heteroatoms. The molecular weight excluding hydrogens is 180 g/mol. The minimum Gasteiger partial charge on any atom is -0.548 e. The van der Waals surface area contributed by atoms with Gasteiger partial charge < -0.3 is 9.22 Å². The van der Waals surface area contributed by atoms with Crippen LogP contribution in [0.15, 0.2) is 11.8 Å². The first-order chi connectivity index (χ1) is 6.01. The Bertz CT molecular complexity index is 215. The van der Waals surface area contributed by atoms with Crippen LogP contribution in [0.4, 0.5) is 0 Å². The van der Waals surface area contributed by atoms with Crippen molar-refractivity contribution in [3.05, 3.63) is 11.8 Å². The van der Waals surface area contributed by atoms with E-state index in [-0.39, 0.29) is 5.92 Å². The molecule has 0 fully saturated rings. The maximum absolute atomic E-state index is 10.5. The summed E-state index contributed by atoms with van der Waals surface area (Å²) in [5, 5.41) is 0. The highest BCUT2D eigenvalue weighted by Gasteiger charge is 2.20. The fourth-order valence-corrected chi connectivity index (χ4v) is 2.41. The van der Waals surface area contributed by atoms with Gasteiger partial charge in [0.15, 0.2) is 0 Å². The van der Waals surface area contributed by atoms with Crippen LogP contribution in [-0.2, 0) is 9.22 Å². The summed E-state index contributed by atoms with van der Waals surface area (Å²) < 4.78 is 5.86. The Morgan fingerprint density at radius 3 is 2.62 bits per heavy atom. The van der Waals surface area contributed by atoms with Gasteiger partial charge in [0.1, 0.15) is 6.29 Å². The fourth-order valence-electron chi connectivity index (χ4n) is 1.44. The normalized spacial score (nSPS) is 23.6. The third-order valence-corrected chi connectivity index (χ3v) is 2.91. The molecule has 0 saturated heterocycles. The van der Waals surface area contributed by atoms with Gasteiger partial charge in [0, 0.05) is 12.3 Å². The van der Waals surface area contributed by atoms with Crippen LogP contribution in [0.2, 0.25) is 19.6 Å². The molecule has 0 aromatic carbocycles. The van der Waals surface area contributed by atoms with Gasteiger partial charge in [-0.3, -0.25) is 0 Å². The van der Waals surface area contributed by atoms with E-state index >= 15 is 0 Å². The highest BCUT2D eigenvalue weighted by Crippen LogP contribution is 2.25. The van der Waals surface area contributed by atoms with Crippen LogP contribution in [0.25, 0.3) is 0 Å². The van der Waals surface area contributed by atoms with Gasteiger partial charge in [-0.25, -0.2) is 0 Å². The van der Waals surface area contributed by atoms with E-state index in [1.165, 1.54) is 0 Å². The van der Waals surface area contributed by atoms with Gasteiger partial charge in [0.25, 0.3) is 0 Å². The molecule has 0 heterocycles. The molecule has 0 spiro atoms. The lowest BCUT2D eigenvalue weighted by atomic mass is 9.95. The molecule has 1 rings (SSSR count). The summed E-state index contributed by atoms with van der Waals surface area (Å²) in [7, 11) is -1.43. The van der Waals surface area contributed by atoms with Crippen LogP contribution < -0.4 is 0 Å². The predicted octanol–water partition coefficient (Wildman–Crippen LogP) is 2.72. The van der Waals surface area contributed by atoms with Crippen LogP contribution >= 0.6 is 0 Å². The van der Waals surface area contributed by atoms with E-state index in [4.69, 9.17) is 4.43 Å². The zero-order valence-corrected chi connectivity index (χ0v) is 9.67. The average molecular weight is 198 g/mol. The van der Waals surface area contributed by atoms with Crippen LogP contribution in [0.3, 0.4) is 0 Å². The summed E-state index contributed by atoms with van der Waals surface area (Å²) in [6, 6.07) is 0. The predicted molar refractivity (Wildman–Crippen MR) is 55.9 cm³/mol. The van der Waals surface area contributed by atoms with E-state index in [9.17, 15) is 4.79 Å². The molecule has 2 nitrogen and oxygen atoms in total. The summed E-state index contributed by atoms with van der Waals surface area (Å²) in [6.07, 6.45) is 5.90. The lowest BCUT2D eigenvalue weighted by molar-refractivity contribution is -0.111. The van der Waals surface area contributed by atoms with Crippen molar-refractivity contribution < 1.29 is 9.22 Å². The van der Waals surface area contributed by atoms with Crippen molar-refractivity contribution in [1.29, 1.82) is 0 Å². The largest absolute Gasteiger partial charge is 0.548 e. The molecule has 0 aromatic rings. The van der Waals surface area contributed by atoms with Gasteiger partial charge in [-0.1, -0.05) is 0 Å². The van der Waals surface area contributed by atoms with Gasteiger partial charge in [0.2, 0.25) is 8.32 Å². The van der Waals surface area contributed by atoms with E-state index < -0.39 is 8.32 Å². The van der Waals surface area contributed by atoms with Gasteiger partial charge in [-0.15, -0.1) is 0 Å². The van der Waals surface area contributed by atoms with Crippen molar-refractivity contribution in [2.45, 2.75) is 38.9 Å². The molecule has 1 aliphatic carbocycles. The summed E-state index contributed by atoms with van der Waals surface area (Å²) in [4.78, 5) is 10.5. The standard InChI is InChI=1S/C10H18O2Si/c1-13(2,3)12-10-6-4-9(8-11)5-7-10/h6,8-9H,4-5,7H2,1-3H3. The number of hydrogen-bond donors (Lipinski definition) is 0. The molecule has 0 N–H and O–H groups in total. The summed E-state index contributed by atoms with van der Waals surface area (Å²) >= 11 is 0. The Morgan fingerprint density at radius 2 is 2.23 bits per heavy atom. The maximum Gasteiger partial charge on any atom is 0.241 e. The Hall–Kier alpha value is -0.573. The number of carbonyl (C=O) groups excluding carboxylic acids is 1. The monoisotopic (exact) mass is 198 g/mol. The highest BCUT2D eigenvalue weighted by molar-refractivity contribution is 6.70. The van der Waals surface area contributed by atoms with Gasteiger partial charge in [-0.2, -0.15) is 0 Å². The molecule has 0 aromatic heterocycles. The number of rotatable bonds is 3. The Labute approximate surface area is 81.1 Å². The van der Waals surface area contributed by atoms with E-state index in [2.05, 4.69) is 25.7 Å². The topological polar surface area (TPSA) is 26.3 Å². The second-order valence-electron chi connectivity index (χ2n) is 4.56. The Morgan fingerprint density at radius 1 is 1.54 bits per heavy atom. The van der Waals surface area contributed by atoms with E-state index in [1.807, 2.05) is 0 Å². The first kappa shape index (κ1) is 10.5. The highest BCUT2D eigenvalue weighted by atomic mass is 28.4. The molecule has 1 unspecified atom stereocenters. The van der Waals surface area contributed by atoms with Crippen molar-refractivity contribution in [2.75, 3.05) is 0 Å². The van der Waals surface area contributed by atoms with Crippen molar-refractivity contribution in [3.8, 4) is 0 Å². The van der Waals surface area contributed by atoms with Gasteiger partial charge in [0.05, 0.1) is 5.76 Å². The minimum atomic E-state index is -1.43. The minimum absolute atomic E-state index is 0.231. The molecule has 0 bridgehead atoms. The summed E-state index contributed by atoms with van der Waals surface area (Å²) in [5.41, 5.74) is 0. The SMILES string of the molecule is C[Si](C)(C)OC1=CCC(C=O)CC1. The van der Waals surface area contributed by atoms with Crippen LogP contribution in [0.1, 0.15) is 19.3 Å². The van der Waals surface area contributed by atoms with Crippen molar-refractivity contribution >= 4 is 14.6 Å². The van der Waals surface area contributed by atoms with Crippen molar-refractivity contribution in [2.24, 2.45) is 5.92 Å². The third-order valence-electron chi connectivity index (χ3n) is 2.04. The first-order valence-corrected chi connectivity index (χ1v) is 8.25. The summed E-state index contributed by atoms with van der Waals surface area (Å²) in [5.74, 6) is 1.34. The zero-order chi connectivity index (χ0) is 9.90. The van der Waals surface area contributed by atoms with E-state index in [1.54, 1.807) is 0 Å². The first-order valence-electron chi connectivity index (χ1n) is 4.84. The number of aldehydes is 1. The lowest BCUT2D eigenvalue weighted by Gasteiger charge is -2.25. The van der Waals surface area contributed by atoms with Crippen molar-refractivity contribution in [1.82, 2.24) is 0 Å². The smallest absolute Gasteiger partial charge is 0.241 e. The number of allylic oxidation sites excluding steroid dienone is 2. The van der Waals surface area contributed by atoms with Gasteiger partial charge >= 0.3 is 0 Å². The second kappa shape index (κ2) is 4.09. The Balaban J connectivity index is 2.46.